The summed E-state index contributed by atoms with van der Waals surface area (Å²) in [6.45, 7) is 1.69. The zero-order valence-corrected chi connectivity index (χ0v) is 8.85. The maximum absolute atomic E-state index is 12.8. The van der Waals surface area contributed by atoms with Gasteiger partial charge in [0, 0.05) is 16.2 Å². The molecule has 0 fully saturated rings. The van der Waals surface area contributed by atoms with Gasteiger partial charge in [-0.2, -0.15) is 0 Å². The molecule has 0 spiro atoms. The molecule has 78 valence electrons. The summed E-state index contributed by atoms with van der Waals surface area (Å²) in [5.41, 5.74) is 5.12. The van der Waals surface area contributed by atoms with Crippen LogP contribution >= 0.6 is 11.8 Å². The van der Waals surface area contributed by atoms with Crippen LogP contribution in [0.4, 0.5) is 4.39 Å². The lowest BCUT2D eigenvalue weighted by atomic mass is 10.1. The van der Waals surface area contributed by atoms with E-state index in [1.807, 2.05) is 6.07 Å². The Kier molecular flexibility index (Phi) is 3.92. The highest BCUT2D eigenvalue weighted by Gasteiger charge is 2.16. The quantitative estimate of drug-likeness (QED) is 0.750. The van der Waals surface area contributed by atoms with Gasteiger partial charge in [-0.3, -0.25) is 0 Å². The molecule has 4 heteroatoms. The molecule has 0 aliphatic carbocycles. The number of aliphatic hydroxyl groups excluding tert-OH is 1. The summed E-state index contributed by atoms with van der Waals surface area (Å²) in [4.78, 5) is 0.829. The smallest absolute Gasteiger partial charge is 0.124 e. The van der Waals surface area contributed by atoms with Gasteiger partial charge in [0.1, 0.15) is 5.82 Å². The number of aliphatic hydroxyl groups is 1. The number of thioether (sulfide) groups is 1. The lowest BCUT2D eigenvalue weighted by molar-refractivity contribution is 0.224. The van der Waals surface area contributed by atoms with Crippen molar-refractivity contribution in [3.63, 3.8) is 0 Å². The van der Waals surface area contributed by atoms with E-state index in [0.717, 1.165) is 4.90 Å². The Balaban J connectivity index is 2.54. The molecule has 1 unspecified atom stereocenters. The molecule has 0 heterocycles. The summed E-state index contributed by atoms with van der Waals surface area (Å²) >= 11 is 1.44. The van der Waals surface area contributed by atoms with Crippen LogP contribution < -0.4 is 5.73 Å². The first kappa shape index (κ1) is 11.5. The fourth-order valence-corrected chi connectivity index (χ4v) is 1.81. The third-order valence-electron chi connectivity index (χ3n) is 1.73. The van der Waals surface area contributed by atoms with Crippen LogP contribution in [0.1, 0.15) is 6.92 Å². The van der Waals surface area contributed by atoms with Crippen LogP contribution in [0.3, 0.4) is 0 Å². The van der Waals surface area contributed by atoms with E-state index >= 15 is 0 Å². The van der Waals surface area contributed by atoms with E-state index in [-0.39, 0.29) is 12.4 Å². The molecule has 1 atom stereocenters. The molecule has 0 saturated heterocycles. The molecule has 0 aliphatic rings. The molecule has 0 aromatic heterocycles. The zero-order chi connectivity index (χ0) is 10.6. The molecule has 1 rings (SSSR count). The topological polar surface area (TPSA) is 46.2 Å². The Morgan fingerprint density at radius 3 is 2.86 bits per heavy atom. The summed E-state index contributed by atoms with van der Waals surface area (Å²) in [6, 6.07) is 6.33. The zero-order valence-electron chi connectivity index (χ0n) is 8.03. The predicted molar refractivity (Wildman–Crippen MR) is 56.8 cm³/mol. The molecule has 1 aromatic rings. The monoisotopic (exact) mass is 215 g/mol. The minimum absolute atomic E-state index is 0.0741. The SMILES string of the molecule is CC(N)(CO)CSc1cccc(F)c1. The Morgan fingerprint density at radius 1 is 1.57 bits per heavy atom. The number of nitrogens with two attached hydrogens (primary N) is 1. The van der Waals surface area contributed by atoms with Gasteiger partial charge < -0.3 is 10.8 Å². The van der Waals surface area contributed by atoms with Crippen molar-refractivity contribution in [2.75, 3.05) is 12.4 Å². The van der Waals surface area contributed by atoms with Crippen LogP contribution in [-0.2, 0) is 0 Å². The molecule has 0 saturated carbocycles. The number of rotatable bonds is 4. The van der Waals surface area contributed by atoms with E-state index in [1.165, 1.54) is 23.9 Å². The van der Waals surface area contributed by atoms with Gasteiger partial charge in [-0.25, -0.2) is 4.39 Å². The standard InChI is InChI=1S/C10H14FNOS/c1-10(12,6-13)7-14-9-4-2-3-8(11)5-9/h2-5,13H,6-7,12H2,1H3. The van der Waals surface area contributed by atoms with Crippen molar-refractivity contribution in [1.29, 1.82) is 0 Å². The van der Waals surface area contributed by atoms with E-state index in [4.69, 9.17) is 10.8 Å². The van der Waals surface area contributed by atoms with Crippen LogP contribution in [0.25, 0.3) is 0 Å². The first-order chi connectivity index (χ1) is 6.53. The molecule has 0 radical (unpaired) electrons. The fourth-order valence-electron chi connectivity index (χ4n) is 0.851. The van der Waals surface area contributed by atoms with Crippen molar-refractivity contribution in [2.24, 2.45) is 5.73 Å². The second-order valence-electron chi connectivity index (χ2n) is 3.56. The van der Waals surface area contributed by atoms with Crippen molar-refractivity contribution in [2.45, 2.75) is 17.4 Å². The molecule has 0 aliphatic heterocycles. The van der Waals surface area contributed by atoms with Crippen LogP contribution in [-0.4, -0.2) is 23.0 Å². The molecular formula is C10H14FNOS. The molecule has 0 bridgehead atoms. The molecule has 2 nitrogen and oxygen atoms in total. The summed E-state index contributed by atoms with van der Waals surface area (Å²) < 4.78 is 12.8. The molecule has 3 N–H and O–H groups in total. The average molecular weight is 215 g/mol. The first-order valence-corrected chi connectivity index (χ1v) is 5.30. The van der Waals surface area contributed by atoms with Gasteiger partial charge in [-0.1, -0.05) is 6.07 Å². The summed E-state index contributed by atoms with van der Waals surface area (Å²) in [7, 11) is 0. The highest BCUT2D eigenvalue weighted by atomic mass is 32.2. The van der Waals surface area contributed by atoms with Crippen LogP contribution in [0.2, 0.25) is 0 Å². The van der Waals surface area contributed by atoms with E-state index in [1.54, 1.807) is 13.0 Å². The van der Waals surface area contributed by atoms with Gasteiger partial charge in [-0.05, 0) is 25.1 Å². The molecular weight excluding hydrogens is 201 g/mol. The van der Waals surface area contributed by atoms with Crippen LogP contribution in [0.15, 0.2) is 29.2 Å². The van der Waals surface area contributed by atoms with Gasteiger partial charge in [0.05, 0.1) is 6.61 Å². The minimum Gasteiger partial charge on any atom is -0.394 e. The van der Waals surface area contributed by atoms with E-state index in [9.17, 15) is 4.39 Å². The molecule has 1 aromatic carbocycles. The van der Waals surface area contributed by atoms with Crippen molar-refractivity contribution < 1.29 is 9.50 Å². The first-order valence-electron chi connectivity index (χ1n) is 4.32. The Labute approximate surface area is 87.3 Å². The minimum atomic E-state index is -0.614. The lowest BCUT2D eigenvalue weighted by Crippen LogP contribution is -2.42. The largest absolute Gasteiger partial charge is 0.394 e. The summed E-state index contributed by atoms with van der Waals surface area (Å²) in [5, 5.41) is 8.91. The van der Waals surface area contributed by atoms with Crippen LogP contribution in [0.5, 0.6) is 0 Å². The fraction of sp³-hybridized carbons (Fsp3) is 0.400. The van der Waals surface area contributed by atoms with Gasteiger partial charge in [-0.15, -0.1) is 11.8 Å². The third-order valence-corrected chi connectivity index (χ3v) is 3.12. The third kappa shape index (κ3) is 3.65. The predicted octanol–water partition coefficient (Wildman–Crippen LogP) is 1.63. The van der Waals surface area contributed by atoms with Gasteiger partial charge in [0.15, 0.2) is 0 Å². The summed E-state index contributed by atoms with van der Waals surface area (Å²) in [6.07, 6.45) is 0. The number of hydrogen-bond donors (Lipinski definition) is 2. The number of benzene rings is 1. The van der Waals surface area contributed by atoms with Gasteiger partial charge >= 0.3 is 0 Å². The molecule has 14 heavy (non-hydrogen) atoms. The lowest BCUT2D eigenvalue weighted by Gasteiger charge is -2.20. The van der Waals surface area contributed by atoms with Crippen molar-refractivity contribution >= 4 is 11.8 Å². The Hall–Kier alpha value is -0.580. The molecule has 0 amide bonds. The van der Waals surface area contributed by atoms with Gasteiger partial charge in [0.2, 0.25) is 0 Å². The van der Waals surface area contributed by atoms with E-state index in [0.29, 0.717) is 5.75 Å². The average Bonchev–Trinajstić information content (AvgIpc) is 2.15. The van der Waals surface area contributed by atoms with Crippen molar-refractivity contribution in [3.8, 4) is 0 Å². The van der Waals surface area contributed by atoms with Crippen LogP contribution in [0, 0.1) is 5.82 Å². The van der Waals surface area contributed by atoms with E-state index < -0.39 is 5.54 Å². The second kappa shape index (κ2) is 4.77. The highest BCUT2D eigenvalue weighted by molar-refractivity contribution is 7.99. The normalized spacial score (nSPS) is 15.1. The number of halogens is 1. The maximum atomic E-state index is 12.8. The van der Waals surface area contributed by atoms with Crippen molar-refractivity contribution in [1.82, 2.24) is 0 Å². The maximum Gasteiger partial charge on any atom is 0.124 e. The highest BCUT2D eigenvalue weighted by Crippen LogP contribution is 2.21. The summed E-state index contributed by atoms with van der Waals surface area (Å²) in [5.74, 6) is 0.310. The van der Waals surface area contributed by atoms with Gasteiger partial charge in [0.25, 0.3) is 0 Å². The number of hydrogen-bond acceptors (Lipinski definition) is 3. The second-order valence-corrected chi connectivity index (χ2v) is 4.61. The Bertz CT molecular complexity index is 304. The van der Waals surface area contributed by atoms with E-state index in [2.05, 4.69) is 0 Å². The Morgan fingerprint density at radius 2 is 2.29 bits per heavy atom. The van der Waals surface area contributed by atoms with Crippen molar-refractivity contribution in [3.05, 3.63) is 30.1 Å².